The highest BCUT2D eigenvalue weighted by molar-refractivity contribution is 5.83. The molecule has 10 nitrogen and oxygen atoms in total. The van der Waals surface area contributed by atoms with E-state index in [9.17, 15) is 4.79 Å². The molecule has 0 saturated carbocycles. The predicted molar refractivity (Wildman–Crippen MR) is 139 cm³/mol. The van der Waals surface area contributed by atoms with Crippen molar-refractivity contribution in [2.24, 2.45) is 0 Å². The van der Waals surface area contributed by atoms with Gasteiger partial charge in [0.2, 0.25) is 0 Å². The first kappa shape index (κ1) is 24.9. The summed E-state index contributed by atoms with van der Waals surface area (Å²) in [5, 5.41) is 13.4. The minimum absolute atomic E-state index is 0.0778. The molecule has 5 rings (SSSR count). The quantitative estimate of drug-likeness (QED) is 0.332. The molecule has 37 heavy (non-hydrogen) atoms. The summed E-state index contributed by atoms with van der Waals surface area (Å²) in [6.07, 6.45) is 1.62. The molecule has 1 aliphatic heterocycles. The molecule has 1 unspecified atom stereocenters. The van der Waals surface area contributed by atoms with Gasteiger partial charge in [0.15, 0.2) is 17.3 Å². The minimum atomic E-state index is -0.122. The summed E-state index contributed by atoms with van der Waals surface area (Å²) in [6, 6.07) is 16.0. The van der Waals surface area contributed by atoms with Gasteiger partial charge in [-0.3, -0.25) is 9.69 Å². The van der Waals surface area contributed by atoms with E-state index in [1.807, 2.05) is 36.4 Å². The van der Waals surface area contributed by atoms with Gasteiger partial charge in [-0.25, -0.2) is 4.68 Å². The van der Waals surface area contributed by atoms with Crippen molar-refractivity contribution in [2.45, 2.75) is 38.9 Å². The fourth-order valence-corrected chi connectivity index (χ4v) is 4.78. The van der Waals surface area contributed by atoms with Crippen LogP contribution in [0.5, 0.6) is 11.5 Å². The van der Waals surface area contributed by atoms with E-state index in [1.54, 1.807) is 11.8 Å². The summed E-state index contributed by atoms with van der Waals surface area (Å²) in [4.78, 5) is 18.5. The zero-order valence-electron chi connectivity index (χ0n) is 21.2. The van der Waals surface area contributed by atoms with Crippen molar-refractivity contribution < 1.29 is 14.2 Å². The van der Waals surface area contributed by atoms with Gasteiger partial charge in [-0.1, -0.05) is 37.3 Å². The van der Waals surface area contributed by atoms with E-state index in [2.05, 4.69) is 44.5 Å². The van der Waals surface area contributed by atoms with E-state index in [0.717, 1.165) is 36.1 Å². The molecule has 1 N–H and O–H groups in total. The average molecular weight is 505 g/mol. The molecule has 0 amide bonds. The van der Waals surface area contributed by atoms with Crippen molar-refractivity contribution in [3.63, 3.8) is 0 Å². The van der Waals surface area contributed by atoms with Crippen LogP contribution in [0.3, 0.4) is 0 Å². The molecule has 0 spiro atoms. The normalized spacial score (nSPS) is 13.8. The van der Waals surface area contributed by atoms with Crippen LogP contribution in [-0.2, 0) is 24.2 Å². The highest BCUT2D eigenvalue weighted by Crippen LogP contribution is 2.34. The van der Waals surface area contributed by atoms with Crippen LogP contribution in [0, 0.1) is 0 Å². The summed E-state index contributed by atoms with van der Waals surface area (Å²) >= 11 is 0. The fraction of sp³-hybridized carbons (Fsp3) is 0.407. The molecule has 0 fully saturated rings. The Morgan fingerprint density at radius 1 is 1.14 bits per heavy atom. The molecule has 1 aliphatic rings. The van der Waals surface area contributed by atoms with Gasteiger partial charge in [-0.15, -0.1) is 5.10 Å². The second kappa shape index (κ2) is 11.5. The summed E-state index contributed by atoms with van der Waals surface area (Å²) in [6.45, 7) is 5.38. The molecule has 2 aromatic carbocycles. The SMILES string of the molecule is CCC(c1nnnn1CCOC)N(CCc1ccccc1)Cc1cc2cc3c(cc2[nH]c1=O)OCCO3. The zero-order valence-corrected chi connectivity index (χ0v) is 21.2. The van der Waals surface area contributed by atoms with Gasteiger partial charge in [-0.05, 0) is 41.0 Å². The van der Waals surface area contributed by atoms with E-state index < -0.39 is 0 Å². The lowest BCUT2D eigenvalue weighted by Crippen LogP contribution is -2.34. The van der Waals surface area contributed by atoms with Gasteiger partial charge < -0.3 is 19.2 Å². The number of H-pyrrole nitrogens is 1. The van der Waals surface area contributed by atoms with Crippen molar-refractivity contribution >= 4 is 10.9 Å². The molecule has 4 aromatic rings. The lowest BCUT2D eigenvalue weighted by atomic mass is 10.1. The van der Waals surface area contributed by atoms with Crippen molar-refractivity contribution in [1.29, 1.82) is 0 Å². The monoisotopic (exact) mass is 504 g/mol. The number of hydrogen-bond donors (Lipinski definition) is 1. The van der Waals surface area contributed by atoms with E-state index in [-0.39, 0.29) is 11.6 Å². The molecule has 0 aliphatic carbocycles. The molecule has 0 radical (unpaired) electrons. The predicted octanol–water partition coefficient (Wildman–Crippen LogP) is 3.13. The van der Waals surface area contributed by atoms with Crippen LogP contribution in [0.4, 0.5) is 0 Å². The van der Waals surface area contributed by atoms with Crippen molar-refractivity contribution in [3.05, 3.63) is 75.8 Å². The molecule has 1 atom stereocenters. The van der Waals surface area contributed by atoms with E-state index in [0.29, 0.717) is 50.0 Å². The van der Waals surface area contributed by atoms with E-state index in [4.69, 9.17) is 14.2 Å². The number of pyridine rings is 1. The lowest BCUT2D eigenvalue weighted by molar-refractivity contribution is 0.158. The first-order valence-electron chi connectivity index (χ1n) is 12.6. The van der Waals surface area contributed by atoms with Crippen LogP contribution in [0.15, 0.2) is 53.3 Å². The molecule has 3 heterocycles. The summed E-state index contributed by atoms with van der Waals surface area (Å²) in [7, 11) is 1.66. The number of nitrogens with zero attached hydrogens (tertiary/aromatic N) is 5. The van der Waals surface area contributed by atoms with Crippen molar-refractivity contribution in [3.8, 4) is 11.5 Å². The average Bonchev–Trinajstić information content (AvgIpc) is 3.38. The Morgan fingerprint density at radius 2 is 1.92 bits per heavy atom. The summed E-state index contributed by atoms with van der Waals surface area (Å²) in [5.74, 6) is 2.12. The van der Waals surface area contributed by atoms with Gasteiger partial charge in [0.25, 0.3) is 5.56 Å². The molecule has 194 valence electrons. The third-order valence-corrected chi connectivity index (χ3v) is 6.68. The molecule has 0 bridgehead atoms. The number of aromatic amines is 1. The highest BCUT2D eigenvalue weighted by Gasteiger charge is 2.26. The second-order valence-electron chi connectivity index (χ2n) is 9.09. The van der Waals surface area contributed by atoms with Crippen LogP contribution in [0.1, 0.15) is 36.3 Å². The maximum absolute atomic E-state index is 13.2. The maximum Gasteiger partial charge on any atom is 0.252 e. The van der Waals surface area contributed by atoms with Gasteiger partial charge in [0, 0.05) is 37.2 Å². The van der Waals surface area contributed by atoms with Gasteiger partial charge in [0.1, 0.15) is 13.2 Å². The third kappa shape index (κ3) is 5.65. The van der Waals surface area contributed by atoms with Crippen LogP contribution in [0.2, 0.25) is 0 Å². The summed E-state index contributed by atoms with van der Waals surface area (Å²) in [5.41, 5.74) is 2.51. The molecular formula is C27H32N6O4. The zero-order chi connectivity index (χ0) is 25.6. The number of ether oxygens (including phenoxy) is 3. The number of benzene rings is 2. The minimum Gasteiger partial charge on any atom is -0.486 e. The number of methoxy groups -OCH3 is 1. The Bertz CT molecular complexity index is 1390. The Labute approximate surface area is 215 Å². The highest BCUT2D eigenvalue weighted by atomic mass is 16.6. The van der Waals surface area contributed by atoms with Crippen molar-refractivity contribution in [2.75, 3.05) is 33.5 Å². The van der Waals surface area contributed by atoms with Crippen LogP contribution in [-0.4, -0.2) is 63.6 Å². The number of rotatable bonds is 11. The van der Waals surface area contributed by atoms with Crippen LogP contribution >= 0.6 is 0 Å². The van der Waals surface area contributed by atoms with Gasteiger partial charge in [0.05, 0.1) is 24.7 Å². The number of aromatic nitrogens is 5. The number of nitrogens with one attached hydrogen (secondary N) is 1. The number of tetrazole rings is 1. The topological polar surface area (TPSA) is 107 Å². The fourth-order valence-electron chi connectivity index (χ4n) is 4.78. The molecule has 2 aromatic heterocycles. The Hall–Kier alpha value is -3.76. The largest absolute Gasteiger partial charge is 0.486 e. The molecular weight excluding hydrogens is 472 g/mol. The maximum atomic E-state index is 13.2. The Morgan fingerprint density at radius 3 is 2.68 bits per heavy atom. The lowest BCUT2D eigenvalue weighted by Gasteiger charge is -2.30. The van der Waals surface area contributed by atoms with Gasteiger partial charge >= 0.3 is 0 Å². The third-order valence-electron chi connectivity index (χ3n) is 6.68. The first-order chi connectivity index (χ1) is 18.2. The smallest absolute Gasteiger partial charge is 0.252 e. The Balaban J connectivity index is 1.48. The van der Waals surface area contributed by atoms with Crippen molar-refractivity contribution in [1.82, 2.24) is 30.1 Å². The van der Waals surface area contributed by atoms with Gasteiger partial charge in [-0.2, -0.15) is 0 Å². The van der Waals surface area contributed by atoms with E-state index in [1.165, 1.54) is 5.56 Å². The standard InChI is InChI=1S/C27H32N6O4/c1-3-23(26-29-30-31-33(26)11-12-35-2)32(10-9-19-7-5-4-6-8-19)18-21-15-20-16-24-25(37-14-13-36-24)17-22(20)28-27(21)34/h4-8,15-17,23H,3,9-14,18H2,1-2H3,(H,28,34). The number of hydrogen-bond acceptors (Lipinski definition) is 8. The molecule has 0 saturated heterocycles. The van der Waals surface area contributed by atoms with Crippen LogP contribution in [0.25, 0.3) is 10.9 Å². The molecule has 10 heteroatoms. The number of fused-ring (bicyclic) bond motifs is 2. The Kier molecular flexibility index (Phi) is 7.76. The summed E-state index contributed by atoms with van der Waals surface area (Å²) < 4.78 is 18.5. The van der Waals surface area contributed by atoms with Crippen LogP contribution < -0.4 is 15.0 Å². The first-order valence-corrected chi connectivity index (χ1v) is 12.6. The van der Waals surface area contributed by atoms with E-state index >= 15 is 0 Å². The second-order valence-corrected chi connectivity index (χ2v) is 9.09.